The average molecular weight is 260 g/mol. The van der Waals surface area contributed by atoms with Crippen molar-refractivity contribution >= 4 is 23.2 Å². The quantitative estimate of drug-likeness (QED) is 0.807. The number of piperidine rings is 1. The third kappa shape index (κ3) is 3.27. The van der Waals surface area contributed by atoms with E-state index < -0.39 is 0 Å². The van der Waals surface area contributed by atoms with Crippen LogP contribution in [0.15, 0.2) is 18.2 Å². The fraction of sp³-hybridized carbons (Fsp3) is 0.500. The first kappa shape index (κ1) is 12.0. The highest BCUT2D eigenvalue weighted by atomic mass is 35.5. The Morgan fingerprint density at radius 1 is 1.12 bits per heavy atom. The van der Waals surface area contributed by atoms with Gasteiger partial charge in [-0.25, -0.2) is 0 Å². The number of hydrogen-bond donors (Lipinski definition) is 0. The van der Waals surface area contributed by atoms with Crippen LogP contribution < -0.4 is 4.74 Å². The van der Waals surface area contributed by atoms with Gasteiger partial charge in [0.25, 0.3) is 0 Å². The van der Waals surface area contributed by atoms with Crippen molar-refractivity contribution in [3.05, 3.63) is 28.2 Å². The SMILES string of the molecule is CN1CCC(Oc2cc(Cl)cc(Cl)c2)CC1. The van der Waals surface area contributed by atoms with Gasteiger partial charge in [-0.05, 0) is 38.1 Å². The fourth-order valence-electron chi connectivity index (χ4n) is 1.89. The summed E-state index contributed by atoms with van der Waals surface area (Å²) >= 11 is 11.8. The fourth-order valence-corrected chi connectivity index (χ4v) is 2.40. The number of nitrogens with zero attached hydrogens (tertiary/aromatic N) is 1. The molecule has 1 aromatic rings. The van der Waals surface area contributed by atoms with Crippen LogP contribution in [-0.2, 0) is 0 Å². The Balaban J connectivity index is 1.98. The first-order chi connectivity index (χ1) is 7.63. The molecular weight excluding hydrogens is 245 g/mol. The first-order valence-corrected chi connectivity index (χ1v) is 6.20. The molecule has 2 rings (SSSR count). The molecule has 1 fully saturated rings. The van der Waals surface area contributed by atoms with E-state index in [1.165, 1.54) is 0 Å². The summed E-state index contributed by atoms with van der Waals surface area (Å²) in [5, 5.41) is 1.24. The van der Waals surface area contributed by atoms with Crippen LogP contribution in [-0.4, -0.2) is 31.1 Å². The van der Waals surface area contributed by atoms with E-state index in [2.05, 4.69) is 11.9 Å². The molecule has 0 N–H and O–H groups in total. The Morgan fingerprint density at radius 3 is 2.25 bits per heavy atom. The van der Waals surface area contributed by atoms with Crippen molar-refractivity contribution in [2.24, 2.45) is 0 Å². The molecule has 1 saturated heterocycles. The molecule has 4 heteroatoms. The summed E-state index contributed by atoms with van der Waals surface area (Å²) < 4.78 is 5.87. The molecule has 1 aliphatic heterocycles. The summed E-state index contributed by atoms with van der Waals surface area (Å²) in [5.41, 5.74) is 0. The van der Waals surface area contributed by atoms with E-state index in [-0.39, 0.29) is 6.10 Å². The summed E-state index contributed by atoms with van der Waals surface area (Å²) in [5.74, 6) is 0.770. The molecule has 0 amide bonds. The van der Waals surface area contributed by atoms with Crippen molar-refractivity contribution in [2.45, 2.75) is 18.9 Å². The first-order valence-electron chi connectivity index (χ1n) is 5.45. The number of halogens is 2. The average Bonchev–Trinajstić information content (AvgIpc) is 2.20. The Labute approximate surface area is 106 Å². The molecular formula is C12H15Cl2NO. The minimum atomic E-state index is 0.283. The maximum atomic E-state index is 5.92. The van der Waals surface area contributed by atoms with Crippen LogP contribution in [0.2, 0.25) is 10.0 Å². The minimum Gasteiger partial charge on any atom is -0.490 e. The number of benzene rings is 1. The molecule has 0 spiro atoms. The number of ether oxygens (including phenoxy) is 1. The van der Waals surface area contributed by atoms with Gasteiger partial charge >= 0.3 is 0 Å². The highest BCUT2D eigenvalue weighted by Crippen LogP contribution is 2.26. The largest absolute Gasteiger partial charge is 0.490 e. The van der Waals surface area contributed by atoms with Gasteiger partial charge in [0.1, 0.15) is 11.9 Å². The molecule has 0 bridgehead atoms. The van der Waals surface area contributed by atoms with Crippen LogP contribution in [0, 0.1) is 0 Å². The molecule has 0 radical (unpaired) electrons. The van der Waals surface area contributed by atoms with Crippen molar-refractivity contribution in [1.29, 1.82) is 0 Å². The second kappa shape index (κ2) is 5.26. The van der Waals surface area contributed by atoms with Gasteiger partial charge in [-0.1, -0.05) is 23.2 Å². The monoisotopic (exact) mass is 259 g/mol. The van der Waals surface area contributed by atoms with E-state index in [1.54, 1.807) is 6.07 Å². The smallest absolute Gasteiger partial charge is 0.122 e. The predicted molar refractivity (Wildman–Crippen MR) is 67.6 cm³/mol. The van der Waals surface area contributed by atoms with Gasteiger partial charge in [0, 0.05) is 23.1 Å². The summed E-state index contributed by atoms with van der Waals surface area (Å²) in [7, 11) is 2.13. The second-order valence-corrected chi connectivity index (χ2v) is 5.10. The summed E-state index contributed by atoms with van der Waals surface area (Å²) in [6.45, 7) is 2.16. The van der Waals surface area contributed by atoms with Crippen LogP contribution in [0.1, 0.15) is 12.8 Å². The van der Waals surface area contributed by atoms with Crippen molar-refractivity contribution in [2.75, 3.05) is 20.1 Å². The molecule has 0 aliphatic carbocycles. The highest BCUT2D eigenvalue weighted by Gasteiger charge is 2.18. The Hall–Kier alpha value is -0.440. The van der Waals surface area contributed by atoms with E-state index in [0.717, 1.165) is 31.7 Å². The highest BCUT2D eigenvalue weighted by molar-refractivity contribution is 6.34. The molecule has 2 nitrogen and oxygen atoms in total. The lowest BCUT2D eigenvalue weighted by atomic mass is 10.1. The third-order valence-corrected chi connectivity index (χ3v) is 3.24. The van der Waals surface area contributed by atoms with Crippen LogP contribution in [0.3, 0.4) is 0 Å². The van der Waals surface area contributed by atoms with Gasteiger partial charge in [0.05, 0.1) is 0 Å². The summed E-state index contributed by atoms with van der Waals surface area (Å²) in [6, 6.07) is 5.34. The van der Waals surface area contributed by atoms with Crippen molar-refractivity contribution in [3.8, 4) is 5.75 Å². The van der Waals surface area contributed by atoms with E-state index in [1.807, 2.05) is 12.1 Å². The maximum Gasteiger partial charge on any atom is 0.122 e. The van der Waals surface area contributed by atoms with E-state index >= 15 is 0 Å². The van der Waals surface area contributed by atoms with Gasteiger partial charge < -0.3 is 9.64 Å². The van der Waals surface area contributed by atoms with Crippen LogP contribution >= 0.6 is 23.2 Å². The van der Waals surface area contributed by atoms with Crippen LogP contribution in [0.25, 0.3) is 0 Å². The molecule has 1 aliphatic rings. The minimum absolute atomic E-state index is 0.283. The lowest BCUT2D eigenvalue weighted by Gasteiger charge is -2.29. The molecule has 0 saturated carbocycles. The second-order valence-electron chi connectivity index (χ2n) is 4.23. The van der Waals surface area contributed by atoms with Gasteiger partial charge in [-0.15, -0.1) is 0 Å². The van der Waals surface area contributed by atoms with Gasteiger partial charge in [0.2, 0.25) is 0 Å². The van der Waals surface area contributed by atoms with Crippen molar-refractivity contribution in [1.82, 2.24) is 4.90 Å². The molecule has 0 atom stereocenters. The normalized spacial score (nSPS) is 18.7. The molecule has 16 heavy (non-hydrogen) atoms. The topological polar surface area (TPSA) is 12.5 Å². The lowest BCUT2D eigenvalue weighted by Crippen LogP contribution is -2.35. The third-order valence-electron chi connectivity index (χ3n) is 2.80. The van der Waals surface area contributed by atoms with Crippen molar-refractivity contribution < 1.29 is 4.74 Å². The predicted octanol–water partition coefficient (Wildman–Crippen LogP) is 3.47. The van der Waals surface area contributed by atoms with Crippen LogP contribution in [0.4, 0.5) is 0 Å². The number of hydrogen-bond acceptors (Lipinski definition) is 2. The van der Waals surface area contributed by atoms with Gasteiger partial charge in [-0.2, -0.15) is 0 Å². The van der Waals surface area contributed by atoms with Crippen molar-refractivity contribution in [3.63, 3.8) is 0 Å². The lowest BCUT2D eigenvalue weighted by molar-refractivity contribution is 0.114. The zero-order valence-electron chi connectivity index (χ0n) is 9.25. The molecule has 1 heterocycles. The Morgan fingerprint density at radius 2 is 1.69 bits per heavy atom. The van der Waals surface area contributed by atoms with Gasteiger partial charge in [0.15, 0.2) is 0 Å². The summed E-state index contributed by atoms with van der Waals surface area (Å²) in [6.07, 6.45) is 2.40. The van der Waals surface area contributed by atoms with Crippen LogP contribution in [0.5, 0.6) is 5.75 Å². The Bertz CT molecular complexity index is 342. The standard InChI is InChI=1S/C12H15Cl2NO/c1-15-4-2-11(3-5-15)16-12-7-9(13)6-10(14)8-12/h6-8,11H,2-5H2,1H3. The van der Waals surface area contributed by atoms with E-state index in [4.69, 9.17) is 27.9 Å². The molecule has 1 aromatic carbocycles. The van der Waals surface area contributed by atoms with E-state index in [9.17, 15) is 0 Å². The summed E-state index contributed by atoms with van der Waals surface area (Å²) in [4.78, 5) is 2.31. The zero-order valence-corrected chi connectivity index (χ0v) is 10.8. The van der Waals surface area contributed by atoms with Gasteiger partial charge in [-0.3, -0.25) is 0 Å². The Kier molecular flexibility index (Phi) is 3.95. The number of rotatable bonds is 2. The van der Waals surface area contributed by atoms with E-state index in [0.29, 0.717) is 10.0 Å². The zero-order chi connectivity index (χ0) is 11.5. The molecule has 0 unspecified atom stereocenters. The maximum absolute atomic E-state index is 5.92. The molecule has 88 valence electrons. The number of likely N-dealkylation sites (tertiary alicyclic amines) is 1. The molecule has 0 aromatic heterocycles.